The van der Waals surface area contributed by atoms with Gasteiger partial charge in [0.2, 0.25) is 5.95 Å². The summed E-state index contributed by atoms with van der Waals surface area (Å²) < 4.78 is 1.32. The summed E-state index contributed by atoms with van der Waals surface area (Å²) in [5, 5.41) is 18.0. The van der Waals surface area contributed by atoms with Crippen LogP contribution in [0.5, 0.6) is 0 Å². The summed E-state index contributed by atoms with van der Waals surface area (Å²) in [6.45, 7) is 1.72. The van der Waals surface area contributed by atoms with Crippen molar-refractivity contribution in [3.8, 4) is 5.95 Å². The van der Waals surface area contributed by atoms with Gasteiger partial charge in [-0.15, -0.1) is 0 Å². The van der Waals surface area contributed by atoms with Crippen LogP contribution < -0.4 is 10.9 Å². The van der Waals surface area contributed by atoms with Crippen molar-refractivity contribution >= 4 is 29.0 Å². The molecule has 0 saturated carbocycles. The SMILES string of the molecule is Cc1cc(NC(=O)c2cc([N+](=O)[O-])ccc2Cl)n(-c2nc3c(c(=O)[nH]2)CCC3)n1. The molecule has 1 amide bonds. The lowest BCUT2D eigenvalue weighted by Crippen LogP contribution is -2.21. The molecule has 0 spiro atoms. The number of nitro benzene ring substituents is 1. The van der Waals surface area contributed by atoms with Crippen LogP contribution in [0.1, 0.15) is 33.7 Å². The van der Waals surface area contributed by atoms with Gasteiger partial charge in [-0.25, -0.2) is 4.98 Å². The Morgan fingerprint density at radius 1 is 1.34 bits per heavy atom. The molecule has 1 aliphatic carbocycles. The number of aromatic amines is 1. The first-order chi connectivity index (χ1) is 13.8. The normalized spacial score (nSPS) is 12.6. The highest BCUT2D eigenvalue weighted by Gasteiger charge is 2.21. The van der Waals surface area contributed by atoms with Gasteiger partial charge in [0.15, 0.2) is 0 Å². The Morgan fingerprint density at radius 2 is 2.14 bits per heavy atom. The average molecular weight is 415 g/mol. The largest absolute Gasteiger partial charge is 0.306 e. The number of fused-ring (bicyclic) bond motifs is 1. The number of amides is 1. The summed E-state index contributed by atoms with van der Waals surface area (Å²) in [7, 11) is 0. The molecule has 4 rings (SSSR count). The van der Waals surface area contributed by atoms with Gasteiger partial charge in [-0.1, -0.05) is 11.6 Å². The molecule has 0 aliphatic heterocycles. The number of nitrogens with one attached hydrogen (secondary N) is 2. The smallest absolute Gasteiger partial charge is 0.270 e. The zero-order valence-electron chi connectivity index (χ0n) is 15.2. The second-order valence-corrected chi connectivity index (χ2v) is 7.03. The number of anilines is 1. The number of non-ortho nitro benzene ring substituents is 1. The minimum Gasteiger partial charge on any atom is -0.306 e. The maximum absolute atomic E-state index is 12.7. The third-order valence-electron chi connectivity index (χ3n) is 4.61. The molecule has 0 atom stereocenters. The number of hydrogen-bond donors (Lipinski definition) is 2. The second kappa shape index (κ2) is 7.13. The molecular formula is C18H15ClN6O4. The van der Waals surface area contributed by atoms with Gasteiger partial charge < -0.3 is 5.32 Å². The Kier molecular flexibility index (Phi) is 4.63. The lowest BCUT2D eigenvalue weighted by molar-refractivity contribution is -0.384. The van der Waals surface area contributed by atoms with Crippen LogP contribution >= 0.6 is 11.6 Å². The van der Waals surface area contributed by atoms with Gasteiger partial charge in [0.25, 0.3) is 17.2 Å². The van der Waals surface area contributed by atoms with Crippen molar-refractivity contribution in [2.45, 2.75) is 26.2 Å². The van der Waals surface area contributed by atoms with Crippen LogP contribution in [-0.4, -0.2) is 30.6 Å². The highest BCUT2D eigenvalue weighted by atomic mass is 35.5. The van der Waals surface area contributed by atoms with E-state index >= 15 is 0 Å². The second-order valence-electron chi connectivity index (χ2n) is 6.63. The van der Waals surface area contributed by atoms with E-state index in [9.17, 15) is 19.7 Å². The van der Waals surface area contributed by atoms with Gasteiger partial charge in [-0.3, -0.25) is 24.7 Å². The van der Waals surface area contributed by atoms with Crippen molar-refractivity contribution in [2.24, 2.45) is 0 Å². The number of nitro groups is 1. The van der Waals surface area contributed by atoms with E-state index in [0.717, 1.165) is 18.2 Å². The maximum Gasteiger partial charge on any atom is 0.270 e. The molecule has 148 valence electrons. The van der Waals surface area contributed by atoms with Crippen LogP contribution in [0.3, 0.4) is 0 Å². The molecule has 3 aromatic rings. The highest BCUT2D eigenvalue weighted by Crippen LogP contribution is 2.24. The van der Waals surface area contributed by atoms with Gasteiger partial charge in [0.1, 0.15) is 5.82 Å². The van der Waals surface area contributed by atoms with E-state index in [1.165, 1.54) is 16.8 Å². The van der Waals surface area contributed by atoms with E-state index in [-0.39, 0.29) is 33.6 Å². The van der Waals surface area contributed by atoms with E-state index in [1.807, 2.05) is 0 Å². The van der Waals surface area contributed by atoms with E-state index in [0.29, 0.717) is 24.1 Å². The zero-order valence-corrected chi connectivity index (χ0v) is 16.0. The quantitative estimate of drug-likeness (QED) is 0.497. The van der Waals surface area contributed by atoms with Crippen LogP contribution in [0.2, 0.25) is 5.02 Å². The van der Waals surface area contributed by atoms with Crippen LogP contribution in [-0.2, 0) is 12.8 Å². The molecule has 10 nitrogen and oxygen atoms in total. The molecule has 2 N–H and O–H groups in total. The topological polar surface area (TPSA) is 136 Å². The van der Waals surface area contributed by atoms with Gasteiger partial charge in [0.05, 0.1) is 26.9 Å². The number of aromatic nitrogens is 4. The number of H-pyrrole nitrogens is 1. The predicted molar refractivity (Wildman–Crippen MR) is 105 cm³/mol. The van der Waals surface area contributed by atoms with E-state index in [2.05, 4.69) is 20.4 Å². The minimum atomic E-state index is -0.650. The molecule has 2 heterocycles. The summed E-state index contributed by atoms with van der Waals surface area (Å²) in [5.74, 6) is -0.219. The Bertz CT molecular complexity index is 1220. The lowest BCUT2D eigenvalue weighted by atomic mass is 10.2. The van der Waals surface area contributed by atoms with E-state index in [1.54, 1.807) is 13.0 Å². The van der Waals surface area contributed by atoms with E-state index in [4.69, 9.17) is 11.6 Å². The number of rotatable bonds is 4. The van der Waals surface area contributed by atoms with Crippen molar-refractivity contribution in [2.75, 3.05) is 5.32 Å². The first-order valence-electron chi connectivity index (χ1n) is 8.78. The number of carbonyl (C=O) groups is 1. The number of halogens is 1. The summed E-state index contributed by atoms with van der Waals surface area (Å²) in [4.78, 5) is 42.6. The number of aryl methyl sites for hydroxylation is 2. The zero-order chi connectivity index (χ0) is 20.7. The molecule has 0 fully saturated rings. The van der Waals surface area contributed by atoms with Crippen molar-refractivity contribution in [3.63, 3.8) is 0 Å². The minimum absolute atomic E-state index is 0.0540. The molecular weight excluding hydrogens is 400 g/mol. The van der Waals surface area contributed by atoms with Gasteiger partial charge in [-0.2, -0.15) is 9.78 Å². The Morgan fingerprint density at radius 3 is 2.90 bits per heavy atom. The summed E-state index contributed by atoms with van der Waals surface area (Å²) in [6.07, 6.45) is 2.25. The average Bonchev–Trinajstić information content (AvgIpc) is 3.28. The molecule has 0 bridgehead atoms. The fourth-order valence-corrected chi connectivity index (χ4v) is 3.47. The molecule has 11 heteroatoms. The summed E-state index contributed by atoms with van der Waals surface area (Å²) >= 11 is 6.04. The molecule has 29 heavy (non-hydrogen) atoms. The lowest BCUT2D eigenvalue weighted by Gasteiger charge is -2.10. The Balaban J connectivity index is 1.71. The molecule has 0 unspecified atom stereocenters. The van der Waals surface area contributed by atoms with Crippen molar-refractivity contribution in [1.29, 1.82) is 0 Å². The number of hydrogen-bond acceptors (Lipinski definition) is 6. The highest BCUT2D eigenvalue weighted by molar-refractivity contribution is 6.34. The third kappa shape index (κ3) is 3.49. The van der Waals surface area contributed by atoms with Crippen LogP contribution in [0.25, 0.3) is 5.95 Å². The molecule has 0 radical (unpaired) electrons. The van der Waals surface area contributed by atoms with Crippen molar-refractivity contribution in [3.05, 3.63) is 72.3 Å². The van der Waals surface area contributed by atoms with E-state index < -0.39 is 10.8 Å². The number of carbonyl (C=O) groups excluding carboxylic acids is 1. The molecule has 1 aliphatic rings. The van der Waals surface area contributed by atoms with Gasteiger partial charge in [-0.05, 0) is 32.3 Å². The maximum atomic E-state index is 12.7. The van der Waals surface area contributed by atoms with Gasteiger partial charge in [0, 0.05) is 23.8 Å². The fourth-order valence-electron chi connectivity index (χ4n) is 3.26. The fraction of sp³-hybridized carbons (Fsp3) is 0.222. The third-order valence-corrected chi connectivity index (χ3v) is 4.94. The first-order valence-corrected chi connectivity index (χ1v) is 9.15. The van der Waals surface area contributed by atoms with Gasteiger partial charge >= 0.3 is 0 Å². The van der Waals surface area contributed by atoms with Crippen LogP contribution in [0.15, 0.2) is 29.1 Å². The molecule has 1 aromatic carbocycles. The summed E-state index contributed by atoms with van der Waals surface area (Å²) in [5.41, 5.74) is 1.43. The summed E-state index contributed by atoms with van der Waals surface area (Å²) in [6, 6.07) is 5.19. The first kappa shape index (κ1) is 18.8. The monoisotopic (exact) mass is 414 g/mol. The predicted octanol–water partition coefficient (Wildman–Crippen LogP) is 2.57. The Hall–Kier alpha value is -3.53. The van der Waals surface area contributed by atoms with Crippen LogP contribution in [0, 0.1) is 17.0 Å². The standard InChI is InChI=1S/C18H15ClN6O4/c1-9-7-15(21-17(27)12-8-10(25(28)29)5-6-13(12)19)24(23-9)18-20-14-4-2-3-11(14)16(26)22-18/h5-8H,2-4H2,1H3,(H,21,27)(H,20,22,26). The number of benzene rings is 1. The molecule has 0 saturated heterocycles. The number of nitrogens with zero attached hydrogens (tertiary/aromatic N) is 4. The van der Waals surface area contributed by atoms with Crippen molar-refractivity contribution < 1.29 is 9.72 Å². The van der Waals surface area contributed by atoms with Crippen molar-refractivity contribution in [1.82, 2.24) is 19.7 Å². The molecule has 2 aromatic heterocycles. The van der Waals surface area contributed by atoms with Crippen LogP contribution in [0.4, 0.5) is 11.5 Å². The Labute approximate surface area is 168 Å².